The second kappa shape index (κ2) is 8.71. The Morgan fingerprint density at radius 1 is 0.630 bits per heavy atom. The highest BCUT2D eigenvalue weighted by atomic mass is 35.5. The van der Waals surface area contributed by atoms with E-state index in [4.69, 9.17) is 11.6 Å². The maximum atomic E-state index is 6.05. The molecular formula is C24H25ClN2. The molecule has 3 aromatic carbocycles. The van der Waals surface area contributed by atoms with Crippen molar-refractivity contribution in [3.05, 3.63) is 95.0 Å². The van der Waals surface area contributed by atoms with Crippen molar-refractivity contribution in [2.24, 2.45) is 0 Å². The van der Waals surface area contributed by atoms with Gasteiger partial charge in [0.2, 0.25) is 0 Å². The van der Waals surface area contributed by atoms with Gasteiger partial charge >= 0.3 is 0 Å². The minimum absolute atomic E-state index is 0.783. The van der Waals surface area contributed by atoms with Crippen LogP contribution in [0.25, 0.3) is 11.1 Å². The number of hydrogen-bond acceptors (Lipinski definition) is 2. The van der Waals surface area contributed by atoms with Crippen LogP contribution in [-0.2, 0) is 13.1 Å². The lowest BCUT2D eigenvalue weighted by Gasteiger charge is -2.35. The zero-order valence-corrected chi connectivity index (χ0v) is 16.3. The molecule has 0 N–H and O–H groups in total. The topological polar surface area (TPSA) is 6.48 Å². The second-order valence-electron chi connectivity index (χ2n) is 7.20. The molecule has 27 heavy (non-hydrogen) atoms. The summed E-state index contributed by atoms with van der Waals surface area (Å²) in [4.78, 5) is 5.12. The summed E-state index contributed by atoms with van der Waals surface area (Å²) in [5.41, 5.74) is 5.33. The second-order valence-corrected chi connectivity index (χ2v) is 7.64. The highest BCUT2D eigenvalue weighted by molar-refractivity contribution is 6.30. The van der Waals surface area contributed by atoms with Crippen LogP contribution in [0.15, 0.2) is 78.9 Å². The summed E-state index contributed by atoms with van der Waals surface area (Å²) in [6.45, 7) is 6.52. The zero-order valence-electron chi connectivity index (χ0n) is 15.5. The SMILES string of the molecule is Clc1ccc(-c2ccccc2CN2CCN(Cc3ccccc3)CC2)cc1. The third-order valence-electron chi connectivity index (χ3n) is 5.28. The normalized spacial score (nSPS) is 15.7. The average Bonchev–Trinajstić information content (AvgIpc) is 2.71. The first kappa shape index (κ1) is 18.2. The van der Waals surface area contributed by atoms with Crippen LogP contribution >= 0.6 is 11.6 Å². The van der Waals surface area contributed by atoms with E-state index in [1.807, 2.05) is 12.1 Å². The Morgan fingerprint density at radius 2 is 1.22 bits per heavy atom. The van der Waals surface area contributed by atoms with Crippen molar-refractivity contribution < 1.29 is 0 Å². The van der Waals surface area contributed by atoms with Crippen molar-refractivity contribution in [3.8, 4) is 11.1 Å². The molecule has 138 valence electrons. The first-order chi connectivity index (χ1) is 13.3. The largest absolute Gasteiger partial charge is 0.297 e. The average molecular weight is 377 g/mol. The molecule has 0 saturated carbocycles. The van der Waals surface area contributed by atoms with E-state index in [-0.39, 0.29) is 0 Å². The maximum Gasteiger partial charge on any atom is 0.0406 e. The van der Waals surface area contributed by atoms with E-state index in [2.05, 4.69) is 76.5 Å². The molecule has 0 bridgehead atoms. The van der Waals surface area contributed by atoms with E-state index < -0.39 is 0 Å². The quantitative estimate of drug-likeness (QED) is 0.594. The number of benzene rings is 3. The van der Waals surface area contributed by atoms with Gasteiger partial charge in [-0.3, -0.25) is 9.80 Å². The summed E-state index contributed by atoms with van der Waals surface area (Å²) in [7, 11) is 0. The van der Waals surface area contributed by atoms with Gasteiger partial charge in [-0.05, 0) is 34.4 Å². The third kappa shape index (κ3) is 4.78. The lowest BCUT2D eigenvalue weighted by atomic mass is 9.99. The molecule has 0 amide bonds. The minimum atomic E-state index is 0.783. The van der Waals surface area contributed by atoms with Crippen LogP contribution in [0.5, 0.6) is 0 Å². The van der Waals surface area contributed by atoms with Gasteiger partial charge in [0.15, 0.2) is 0 Å². The lowest BCUT2D eigenvalue weighted by Crippen LogP contribution is -2.45. The minimum Gasteiger partial charge on any atom is -0.297 e. The highest BCUT2D eigenvalue weighted by Gasteiger charge is 2.18. The molecule has 0 aliphatic carbocycles. The Kier molecular flexibility index (Phi) is 5.88. The summed E-state index contributed by atoms with van der Waals surface area (Å²) in [5, 5.41) is 0.783. The van der Waals surface area contributed by atoms with E-state index >= 15 is 0 Å². The fourth-order valence-electron chi connectivity index (χ4n) is 3.76. The Hall–Kier alpha value is -2.13. The van der Waals surface area contributed by atoms with Crippen molar-refractivity contribution >= 4 is 11.6 Å². The molecule has 1 fully saturated rings. The molecule has 3 heteroatoms. The highest BCUT2D eigenvalue weighted by Crippen LogP contribution is 2.26. The Bertz CT molecular complexity index is 853. The molecule has 0 radical (unpaired) electrons. The summed E-state index contributed by atoms with van der Waals surface area (Å²) in [6, 6.07) is 27.6. The van der Waals surface area contributed by atoms with Gasteiger partial charge in [-0.2, -0.15) is 0 Å². The number of rotatable bonds is 5. The molecule has 0 aromatic heterocycles. The van der Waals surface area contributed by atoms with Gasteiger partial charge in [0, 0.05) is 44.3 Å². The van der Waals surface area contributed by atoms with Crippen LogP contribution in [0.2, 0.25) is 5.02 Å². The van der Waals surface area contributed by atoms with Crippen LogP contribution in [0, 0.1) is 0 Å². The van der Waals surface area contributed by atoms with Crippen LogP contribution in [0.4, 0.5) is 0 Å². The summed E-state index contributed by atoms with van der Waals surface area (Å²) < 4.78 is 0. The molecule has 2 nitrogen and oxygen atoms in total. The maximum absolute atomic E-state index is 6.05. The molecule has 0 atom stereocenters. The first-order valence-electron chi connectivity index (χ1n) is 9.60. The van der Waals surface area contributed by atoms with E-state index in [0.29, 0.717) is 0 Å². The van der Waals surface area contributed by atoms with Crippen LogP contribution in [0.3, 0.4) is 0 Å². The zero-order chi connectivity index (χ0) is 18.5. The number of nitrogens with zero attached hydrogens (tertiary/aromatic N) is 2. The fraction of sp³-hybridized carbons (Fsp3) is 0.250. The van der Waals surface area contributed by atoms with Crippen molar-refractivity contribution in [1.82, 2.24) is 9.80 Å². The monoisotopic (exact) mass is 376 g/mol. The molecular weight excluding hydrogens is 352 g/mol. The number of hydrogen-bond donors (Lipinski definition) is 0. The molecule has 4 rings (SSSR count). The van der Waals surface area contributed by atoms with Crippen LogP contribution in [0.1, 0.15) is 11.1 Å². The van der Waals surface area contributed by atoms with Gasteiger partial charge in [-0.15, -0.1) is 0 Å². The predicted molar refractivity (Wildman–Crippen MR) is 114 cm³/mol. The van der Waals surface area contributed by atoms with Crippen LogP contribution in [-0.4, -0.2) is 36.0 Å². The van der Waals surface area contributed by atoms with E-state index in [1.54, 1.807) is 0 Å². The Morgan fingerprint density at radius 3 is 1.93 bits per heavy atom. The van der Waals surface area contributed by atoms with Gasteiger partial charge in [-0.1, -0.05) is 78.3 Å². The molecule has 1 aliphatic heterocycles. The van der Waals surface area contributed by atoms with Gasteiger partial charge < -0.3 is 0 Å². The number of halogens is 1. The van der Waals surface area contributed by atoms with Crippen molar-refractivity contribution in [2.45, 2.75) is 13.1 Å². The van der Waals surface area contributed by atoms with E-state index in [1.165, 1.54) is 22.3 Å². The molecule has 1 saturated heterocycles. The van der Waals surface area contributed by atoms with Crippen molar-refractivity contribution in [2.75, 3.05) is 26.2 Å². The summed E-state index contributed by atoms with van der Waals surface area (Å²) in [5.74, 6) is 0. The third-order valence-corrected chi connectivity index (χ3v) is 5.53. The van der Waals surface area contributed by atoms with Gasteiger partial charge in [0.1, 0.15) is 0 Å². The van der Waals surface area contributed by atoms with Gasteiger partial charge in [0.05, 0.1) is 0 Å². The summed E-state index contributed by atoms with van der Waals surface area (Å²) in [6.07, 6.45) is 0. The molecule has 0 spiro atoms. The summed E-state index contributed by atoms with van der Waals surface area (Å²) >= 11 is 6.05. The van der Waals surface area contributed by atoms with Crippen LogP contribution < -0.4 is 0 Å². The molecule has 1 heterocycles. The lowest BCUT2D eigenvalue weighted by molar-refractivity contribution is 0.122. The van der Waals surface area contributed by atoms with Crippen molar-refractivity contribution in [3.63, 3.8) is 0 Å². The van der Waals surface area contributed by atoms with E-state index in [9.17, 15) is 0 Å². The van der Waals surface area contributed by atoms with E-state index in [0.717, 1.165) is 44.3 Å². The predicted octanol–water partition coefficient (Wildman–Crippen LogP) is 5.32. The first-order valence-corrected chi connectivity index (χ1v) is 9.98. The molecule has 1 aliphatic rings. The van der Waals surface area contributed by atoms with Crippen molar-refractivity contribution in [1.29, 1.82) is 0 Å². The standard InChI is InChI=1S/C24H25ClN2/c25-23-12-10-21(11-13-23)24-9-5-4-8-22(24)19-27-16-14-26(15-17-27)18-20-6-2-1-3-7-20/h1-13H,14-19H2. The Balaban J connectivity index is 1.39. The Labute approximate surface area is 167 Å². The van der Waals surface area contributed by atoms with Gasteiger partial charge in [-0.25, -0.2) is 0 Å². The van der Waals surface area contributed by atoms with Gasteiger partial charge in [0.25, 0.3) is 0 Å². The smallest absolute Gasteiger partial charge is 0.0406 e. The number of piperazine rings is 1. The molecule has 3 aromatic rings. The fourth-order valence-corrected chi connectivity index (χ4v) is 3.88. The molecule has 0 unspecified atom stereocenters.